The number of carbonyl (C=O) groups is 1. The molecule has 13 heavy (non-hydrogen) atoms. The second-order valence-electron chi connectivity index (χ2n) is 4.78. The van der Waals surface area contributed by atoms with Gasteiger partial charge in [-0.15, -0.1) is 0 Å². The molecule has 0 heterocycles. The lowest BCUT2D eigenvalue weighted by molar-refractivity contribution is -0.127. The van der Waals surface area contributed by atoms with Crippen LogP contribution in [0.1, 0.15) is 26.7 Å². The van der Waals surface area contributed by atoms with E-state index in [2.05, 4.69) is 45.7 Å². The summed E-state index contributed by atoms with van der Waals surface area (Å²) in [5, 5.41) is 0.939. The van der Waals surface area contributed by atoms with Gasteiger partial charge in [-0.05, 0) is 17.8 Å². The van der Waals surface area contributed by atoms with E-state index < -0.39 is 0 Å². The predicted octanol–water partition coefficient (Wildman–Crippen LogP) is 3.15. The molecular weight excluding hydrogens is 296 g/mol. The first kappa shape index (κ1) is 10.2. The fourth-order valence-electron chi connectivity index (χ4n) is 3.01. The first-order valence-electron chi connectivity index (χ1n) is 4.70. The average molecular weight is 310 g/mol. The standard InChI is InChI=1S/C10H14Br2O/c1-9(5-11)6-3-7(12)10(9,2)8(13)4-6/h6-7H,3-5H2,1-2H3/t6-,7-,9+,10-/m1/s1. The molecule has 3 heteroatoms. The fraction of sp³-hybridized carbons (Fsp3) is 0.900. The molecule has 2 saturated carbocycles. The number of hydrogen-bond donors (Lipinski definition) is 0. The van der Waals surface area contributed by atoms with Crippen LogP contribution in [0.4, 0.5) is 0 Å². The van der Waals surface area contributed by atoms with Crippen LogP contribution in [-0.4, -0.2) is 15.9 Å². The van der Waals surface area contributed by atoms with Gasteiger partial charge in [0.25, 0.3) is 0 Å². The van der Waals surface area contributed by atoms with Gasteiger partial charge >= 0.3 is 0 Å². The number of rotatable bonds is 1. The molecule has 0 radical (unpaired) electrons. The molecule has 0 amide bonds. The molecule has 0 N–H and O–H groups in total. The zero-order valence-electron chi connectivity index (χ0n) is 7.94. The van der Waals surface area contributed by atoms with E-state index in [0.29, 0.717) is 16.5 Å². The normalized spacial score (nSPS) is 54.6. The first-order valence-corrected chi connectivity index (χ1v) is 6.74. The molecule has 0 aliphatic heterocycles. The Morgan fingerprint density at radius 2 is 2.15 bits per heavy atom. The van der Waals surface area contributed by atoms with E-state index in [1.54, 1.807) is 0 Å². The van der Waals surface area contributed by atoms with Crippen molar-refractivity contribution in [2.75, 3.05) is 5.33 Å². The number of carbonyl (C=O) groups excluding carboxylic acids is 1. The predicted molar refractivity (Wildman–Crippen MR) is 60.5 cm³/mol. The summed E-state index contributed by atoms with van der Waals surface area (Å²) < 4.78 is 0. The molecule has 2 fully saturated rings. The maximum atomic E-state index is 11.9. The number of Topliss-reactive ketones (excluding diaryl/α,β-unsaturated/α-hetero) is 1. The van der Waals surface area contributed by atoms with Crippen LogP contribution in [-0.2, 0) is 4.79 Å². The third-order valence-corrected chi connectivity index (χ3v) is 6.95. The fourth-order valence-corrected chi connectivity index (χ4v) is 5.28. The molecule has 4 atom stereocenters. The number of ketones is 1. The van der Waals surface area contributed by atoms with Gasteiger partial charge in [-0.2, -0.15) is 0 Å². The van der Waals surface area contributed by atoms with Crippen molar-refractivity contribution in [2.24, 2.45) is 16.7 Å². The van der Waals surface area contributed by atoms with E-state index in [4.69, 9.17) is 0 Å². The molecule has 0 aromatic heterocycles. The molecule has 0 aromatic carbocycles. The second-order valence-corrected chi connectivity index (χ2v) is 6.45. The van der Waals surface area contributed by atoms with E-state index in [-0.39, 0.29) is 10.8 Å². The van der Waals surface area contributed by atoms with E-state index in [9.17, 15) is 4.79 Å². The Balaban J connectivity index is 2.49. The summed E-state index contributed by atoms with van der Waals surface area (Å²) >= 11 is 7.24. The van der Waals surface area contributed by atoms with Crippen LogP contribution < -0.4 is 0 Å². The summed E-state index contributed by atoms with van der Waals surface area (Å²) in [4.78, 5) is 12.3. The largest absolute Gasteiger partial charge is 0.299 e. The Kier molecular flexibility index (Phi) is 2.20. The van der Waals surface area contributed by atoms with E-state index >= 15 is 0 Å². The molecule has 2 bridgehead atoms. The molecule has 2 rings (SSSR count). The van der Waals surface area contributed by atoms with Gasteiger partial charge in [0.1, 0.15) is 5.78 Å². The van der Waals surface area contributed by atoms with Crippen molar-refractivity contribution in [3.8, 4) is 0 Å². The molecule has 2 aliphatic rings. The van der Waals surface area contributed by atoms with E-state index in [0.717, 1.165) is 18.2 Å². The summed E-state index contributed by atoms with van der Waals surface area (Å²) in [5.41, 5.74) is 0.0272. The molecule has 2 aliphatic carbocycles. The molecule has 1 nitrogen and oxygen atoms in total. The van der Waals surface area contributed by atoms with Crippen LogP contribution in [0, 0.1) is 16.7 Å². The highest BCUT2D eigenvalue weighted by Crippen LogP contribution is 2.66. The highest BCUT2D eigenvalue weighted by molar-refractivity contribution is 9.09. The minimum absolute atomic E-state index is 0.138. The summed E-state index contributed by atoms with van der Waals surface area (Å²) in [6.07, 6.45) is 1.95. The van der Waals surface area contributed by atoms with Crippen molar-refractivity contribution in [2.45, 2.75) is 31.5 Å². The Hall–Kier alpha value is 0.630. The van der Waals surface area contributed by atoms with Gasteiger partial charge in [0.05, 0.1) is 0 Å². The number of hydrogen-bond acceptors (Lipinski definition) is 1. The highest BCUT2D eigenvalue weighted by atomic mass is 79.9. The molecule has 0 unspecified atom stereocenters. The van der Waals surface area contributed by atoms with Crippen LogP contribution in [0.15, 0.2) is 0 Å². The maximum Gasteiger partial charge on any atom is 0.140 e. The van der Waals surface area contributed by atoms with Crippen molar-refractivity contribution in [3.05, 3.63) is 0 Å². The van der Waals surface area contributed by atoms with Crippen molar-refractivity contribution >= 4 is 37.6 Å². The highest BCUT2D eigenvalue weighted by Gasteiger charge is 2.67. The van der Waals surface area contributed by atoms with Crippen molar-refractivity contribution in [1.29, 1.82) is 0 Å². The van der Waals surface area contributed by atoms with Gasteiger partial charge in [-0.3, -0.25) is 4.79 Å². The smallest absolute Gasteiger partial charge is 0.140 e. The van der Waals surface area contributed by atoms with Gasteiger partial charge in [0.2, 0.25) is 0 Å². The Labute approximate surface area is 95.9 Å². The van der Waals surface area contributed by atoms with Crippen LogP contribution in [0.2, 0.25) is 0 Å². The Morgan fingerprint density at radius 1 is 1.54 bits per heavy atom. The molecular formula is C10H14Br2O. The minimum atomic E-state index is -0.138. The average Bonchev–Trinajstić information content (AvgIpc) is 2.38. The first-order chi connectivity index (χ1) is 5.96. The van der Waals surface area contributed by atoms with Crippen LogP contribution in [0.5, 0.6) is 0 Å². The van der Waals surface area contributed by atoms with Gasteiger partial charge in [0, 0.05) is 22.0 Å². The third kappa shape index (κ3) is 0.956. The third-order valence-electron chi connectivity index (χ3n) is 4.49. The van der Waals surface area contributed by atoms with Gasteiger partial charge in [-0.1, -0.05) is 45.7 Å². The van der Waals surface area contributed by atoms with Crippen molar-refractivity contribution in [3.63, 3.8) is 0 Å². The van der Waals surface area contributed by atoms with Crippen LogP contribution in [0.25, 0.3) is 0 Å². The van der Waals surface area contributed by atoms with Gasteiger partial charge in [0.15, 0.2) is 0 Å². The topological polar surface area (TPSA) is 17.1 Å². The SMILES string of the molecule is C[C@]1(CBr)[C@H]2CC(=O)[C@@]1(C)[C@H](Br)C2. The number of alkyl halides is 2. The van der Waals surface area contributed by atoms with Gasteiger partial charge in [-0.25, -0.2) is 0 Å². The number of halogens is 2. The van der Waals surface area contributed by atoms with Crippen LogP contribution in [0.3, 0.4) is 0 Å². The molecule has 0 aromatic rings. The van der Waals surface area contributed by atoms with Crippen molar-refractivity contribution in [1.82, 2.24) is 0 Å². The lowest BCUT2D eigenvalue weighted by atomic mass is 9.70. The summed E-state index contributed by atoms with van der Waals surface area (Å²) in [7, 11) is 0. The number of fused-ring (bicyclic) bond motifs is 2. The van der Waals surface area contributed by atoms with E-state index in [1.165, 1.54) is 0 Å². The quantitative estimate of drug-likeness (QED) is 0.680. The second kappa shape index (κ2) is 2.82. The minimum Gasteiger partial charge on any atom is -0.299 e. The monoisotopic (exact) mass is 308 g/mol. The zero-order valence-corrected chi connectivity index (χ0v) is 11.1. The lowest BCUT2D eigenvalue weighted by Gasteiger charge is -2.36. The summed E-state index contributed by atoms with van der Waals surface area (Å²) in [6.45, 7) is 4.38. The van der Waals surface area contributed by atoms with Crippen LogP contribution >= 0.6 is 31.9 Å². The summed E-state index contributed by atoms with van der Waals surface area (Å²) in [5.74, 6) is 1.03. The van der Waals surface area contributed by atoms with Crippen molar-refractivity contribution < 1.29 is 4.79 Å². The molecule has 0 spiro atoms. The van der Waals surface area contributed by atoms with E-state index in [1.807, 2.05) is 0 Å². The Morgan fingerprint density at radius 3 is 2.46 bits per heavy atom. The lowest BCUT2D eigenvalue weighted by Crippen LogP contribution is -2.41. The Bertz CT molecular complexity index is 266. The maximum absolute atomic E-state index is 11.9. The summed E-state index contributed by atoms with van der Waals surface area (Å²) in [6, 6.07) is 0. The van der Waals surface area contributed by atoms with Gasteiger partial charge < -0.3 is 0 Å². The molecule has 74 valence electrons. The zero-order chi connectivity index (χ0) is 9.85. The molecule has 0 saturated heterocycles.